The topological polar surface area (TPSA) is 38.8 Å². The molecule has 1 aliphatic rings. The van der Waals surface area contributed by atoms with E-state index in [0.29, 0.717) is 22.2 Å². The molecule has 2 aromatic carbocycles. The minimum Gasteiger partial charge on any atom is -0.493 e. The van der Waals surface area contributed by atoms with Crippen LogP contribution in [0.5, 0.6) is 11.5 Å². The molecule has 0 radical (unpaired) electrons. The second-order valence-corrected chi connectivity index (χ2v) is 5.22. The summed E-state index contributed by atoms with van der Waals surface area (Å²) in [4.78, 5) is 13.7. The van der Waals surface area contributed by atoms with E-state index in [4.69, 9.17) is 21.1 Å². The highest BCUT2D eigenvalue weighted by molar-refractivity contribution is 6.33. The van der Waals surface area contributed by atoms with E-state index >= 15 is 0 Å². The van der Waals surface area contributed by atoms with E-state index in [0.717, 1.165) is 5.56 Å². The van der Waals surface area contributed by atoms with Gasteiger partial charge in [0.15, 0.2) is 18.1 Å². The molecule has 0 fully saturated rings. The Morgan fingerprint density at radius 2 is 2.14 bits per heavy atom. The van der Waals surface area contributed by atoms with Gasteiger partial charge >= 0.3 is 0 Å². The first-order chi connectivity index (χ1) is 10.6. The number of hydrogen-bond acceptors (Lipinski definition) is 3. The number of anilines is 1. The van der Waals surface area contributed by atoms with Gasteiger partial charge < -0.3 is 14.4 Å². The van der Waals surface area contributed by atoms with Crippen LogP contribution in [0.2, 0.25) is 5.02 Å². The van der Waals surface area contributed by atoms with Gasteiger partial charge in [-0.3, -0.25) is 4.79 Å². The van der Waals surface area contributed by atoms with E-state index in [1.165, 1.54) is 30.2 Å². The van der Waals surface area contributed by atoms with E-state index in [2.05, 4.69) is 0 Å². The van der Waals surface area contributed by atoms with Crippen LogP contribution in [-0.2, 0) is 11.3 Å². The number of benzene rings is 2. The van der Waals surface area contributed by atoms with Gasteiger partial charge in [0.2, 0.25) is 0 Å². The molecular weight excluding hydrogens is 309 g/mol. The summed E-state index contributed by atoms with van der Waals surface area (Å²) in [5.74, 6) is 0.319. The van der Waals surface area contributed by atoms with Gasteiger partial charge in [-0.15, -0.1) is 0 Å². The Kier molecular flexibility index (Phi) is 3.90. The second-order valence-electron chi connectivity index (χ2n) is 4.81. The van der Waals surface area contributed by atoms with Gasteiger partial charge in [-0.2, -0.15) is 0 Å². The van der Waals surface area contributed by atoms with Crippen molar-refractivity contribution < 1.29 is 18.7 Å². The van der Waals surface area contributed by atoms with E-state index < -0.39 is 5.82 Å². The van der Waals surface area contributed by atoms with Crippen LogP contribution in [-0.4, -0.2) is 19.6 Å². The van der Waals surface area contributed by atoms with Gasteiger partial charge in [0.25, 0.3) is 5.91 Å². The SMILES string of the molecule is COc1cccc2c1OCC(=O)N(c1cc(F)ccc1Cl)C2. The molecule has 0 saturated carbocycles. The Hall–Kier alpha value is -2.27. The van der Waals surface area contributed by atoms with Crippen molar-refractivity contribution in [2.45, 2.75) is 6.54 Å². The molecule has 1 heterocycles. The minimum atomic E-state index is -0.455. The van der Waals surface area contributed by atoms with Gasteiger partial charge in [0.05, 0.1) is 24.4 Å². The number of para-hydroxylation sites is 1. The number of hydrogen-bond donors (Lipinski definition) is 0. The van der Waals surface area contributed by atoms with Crippen LogP contribution < -0.4 is 14.4 Å². The number of fused-ring (bicyclic) bond motifs is 1. The molecule has 0 aromatic heterocycles. The standard InChI is InChI=1S/C16H13ClFNO3/c1-21-14-4-2-3-10-8-19(15(20)9-22-16(10)14)13-7-11(18)5-6-12(13)17/h2-7H,8-9H2,1H3. The van der Waals surface area contributed by atoms with Crippen LogP contribution >= 0.6 is 11.6 Å². The lowest BCUT2D eigenvalue weighted by atomic mass is 10.1. The molecule has 1 amide bonds. The maximum Gasteiger partial charge on any atom is 0.265 e. The summed E-state index contributed by atoms with van der Waals surface area (Å²) in [6.07, 6.45) is 0. The molecular formula is C16H13ClFNO3. The van der Waals surface area contributed by atoms with Gasteiger partial charge in [-0.05, 0) is 24.3 Å². The Morgan fingerprint density at radius 1 is 1.32 bits per heavy atom. The van der Waals surface area contributed by atoms with Gasteiger partial charge in [-0.25, -0.2) is 4.39 Å². The van der Waals surface area contributed by atoms with E-state index in [9.17, 15) is 9.18 Å². The molecule has 0 atom stereocenters. The van der Waals surface area contributed by atoms with Crippen molar-refractivity contribution in [3.8, 4) is 11.5 Å². The quantitative estimate of drug-likeness (QED) is 0.851. The number of ether oxygens (including phenoxy) is 2. The lowest BCUT2D eigenvalue weighted by Gasteiger charge is -2.21. The number of methoxy groups -OCH3 is 1. The molecule has 0 N–H and O–H groups in total. The Labute approximate surface area is 132 Å². The third-order valence-electron chi connectivity index (χ3n) is 3.45. The maximum absolute atomic E-state index is 13.5. The van der Waals surface area contributed by atoms with Crippen LogP contribution in [0.4, 0.5) is 10.1 Å². The summed E-state index contributed by atoms with van der Waals surface area (Å²) in [6, 6.07) is 9.32. The average molecular weight is 322 g/mol. The number of rotatable bonds is 2. The van der Waals surface area contributed by atoms with Crippen LogP contribution in [0.1, 0.15) is 5.56 Å². The predicted octanol–water partition coefficient (Wildman–Crippen LogP) is 3.41. The smallest absolute Gasteiger partial charge is 0.265 e. The van der Waals surface area contributed by atoms with Crippen molar-refractivity contribution in [2.75, 3.05) is 18.6 Å². The third-order valence-corrected chi connectivity index (χ3v) is 3.77. The van der Waals surface area contributed by atoms with Crippen LogP contribution in [0.25, 0.3) is 0 Å². The molecule has 0 aliphatic carbocycles. The summed E-state index contributed by atoms with van der Waals surface area (Å²) in [6.45, 7) is 0.0642. The molecule has 114 valence electrons. The number of carbonyl (C=O) groups excluding carboxylic acids is 1. The molecule has 22 heavy (non-hydrogen) atoms. The van der Waals surface area contributed by atoms with Crippen molar-refractivity contribution in [1.29, 1.82) is 0 Å². The summed E-state index contributed by atoms with van der Waals surface area (Å²) in [7, 11) is 1.53. The molecule has 0 spiro atoms. The van der Waals surface area contributed by atoms with Crippen LogP contribution in [0.15, 0.2) is 36.4 Å². The predicted molar refractivity (Wildman–Crippen MR) is 81.1 cm³/mol. The fourth-order valence-electron chi connectivity index (χ4n) is 2.39. The Balaban J connectivity index is 2.05. The van der Waals surface area contributed by atoms with Gasteiger partial charge in [0.1, 0.15) is 5.82 Å². The van der Waals surface area contributed by atoms with Crippen LogP contribution in [0.3, 0.4) is 0 Å². The number of halogens is 2. The number of nitrogens with zero attached hydrogens (tertiary/aromatic N) is 1. The summed E-state index contributed by atoms with van der Waals surface area (Å²) < 4.78 is 24.3. The van der Waals surface area contributed by atoms with Crippen molar-refractivity contribution >= 4 is 23.2 Å². The highest BCUT2D eigenvalue weighted by Gasteiger charge is 2.26. The van der Waals surface area contributed by atoms with E-state index in [1.54, 1.807) is 6.07 Å². The lowest BCUT2D eigenvalue weighted by Crippen LogP contribution is -2.32. The fourth-order valence-corrected chi connectivity index (χ4v) is 2.61. The molecule has 3 rings (SSSR count). The largest absolute Gasteiger partial charge is 0.493 e. The summed E-state index contributed by atoms with van der Waals surface area (Å²) in [5.41, 5.74) is 1.09. The Bertz CT molecular complexity index is 735. The van der Waals surface area contributed by atoms with Gasteiger partial charge in [-0.1, -0.05) is 23.7 Å². The molecule has 0 unspecified atom stereocenters. The highest BCUT2D eigenvalue weighted by Crippen LogP contribution is 2.36. The zero-order valence-electron chi connectivity index (χ0n) is 11.8. The zero-order chi connectivity index (χ0) is 15.7. The minimum absolute atomic E-state index is 0.166. The first kappa shape index (κ1) is 14.7. The first-order valence-electron chi connectivity index (χ1n) is 6.64. The van der Waals surface area contributed by atoms with E-state index in [1.807, 2.05) is 12.1 Å². The maximum atomic E-state index is 13.5. The molecule has 0 bridgehead atoms. The summed E-state index contributed by atoms with van der Waals surface area (Å²) in [5, 5.41) is 0.307. The van der Waals surface area contributed by atoms with Crippen molar-refractivity contribution in [2.24, 2.45) is 0 Å². The fraction of sp³-hybridized carbons (Fsp3) is 0.188. The van der Waals surface area contributed by atoms with Crippen molar-refractivity contribution in [3.05, 3.63) is 52.8 Å². The monoisotopic (exact) mass is 321 g/mol. The number of carbonyl (C=O) groups is 1. The summed E-state index contributed by atoms with van der Waals surface area (Å²) >= 11 is 6.11. The highest BCUT2D eigenvalue weighted by atomic mass is 35.5. The van der Waals surface area contributed by atoms with E-state index in [-0.39, 0.29) is 19.1 Å². The molecule has 0 saturated heterocycles. The zero-order valence-corrected chi connectivity index (χ0v) is 12.6. The second kappa shape index (κ2) is 5.85. The molecule has 6 heteroatoms. The van der Waals surface area contributed by atoms with Crippen molar-refractivity contribution in [3.63, 3.8) is 0 Å². The molecule has 2 aromatic rings. The lowest BCUT2D eigenvalue weighted by molar-refractivity contribution is -0.120. The third kappa shape index (κ3) is 2.60. The Morgan fingerprint density at radius 3 is 2.91 bits per heavy atom. The first-order valence-corrected chi connectivity index (χ1v) is 7.02. The normalized spacial score (nSPS) is 14.1. The van der Waals surface area contributed by atoms with Crippen molar-refractivity contribution in [1.82, 2.24) is 0 Å². The van der Waals surface area contributed by atoms with Gasteiger partial charge in [0, 0.05) is 5.56 Å². The molecule has 1 aliphatic heterocycles. The average Bonchev–Trinajstić information content (AvgIpc) is 2.69. The molecule has 4 nitrogen and oxygen atoms in total. The van der Waals surface area contributed by atoms with Crippen LogP contribution in [0, 0.1) is 5.82 Å². The number of amides is 1.